The Morgan fingerprint density at radius 3 is 1.95 bits per heavy atom. The van der Waals surface area contributed by atoms with Crippen molar-refractivity contribution in [1.29, 1.82) is 0 Å². The molecule has 0 amide bonds. The van der Waals surface area contributed by atoms with E-state index in [2.05, 4.69) is 0 Å². The van der Waals surface area contributed by atoms with Crippen molar-refractivity contribution in [1.82, 2.24) is 0 Å². The van der Waals surface area contributed by atoms with Crippen LogP contribution in [0.4, 0.5) is 9.59 Å². The lowest BCUT2D eigenvalue weighted by Gasteiger charge is -2.31. The Morgan fingerprint density at radius 2 is 1.34 bits per heavy atom. The van der Waals surface area contributed by atoms with Crippen molar-refractivity contribution < 1.29 is 48.6 Å². The van der Waals surface area contributed by atoms with E-state index in [1.165, 1.54) is 24.3 Å². The first kappa shape index (κ1) is 27.4. The Labute approximate surface area is 234 Å². The number of aliphatic hydroxyl groups is 1. The summed E-state index contributed by atoms with van der Waals surface area (Å²) in [5.74, 6) is -0.547. The fraction of sp³-hybridized carbons (Fsp3) is 0.161. The summed E-state index contributed by atoms with van der Waals surface area (Å²) in [7, 11) is 0. The van der Waals surface area contributed by atoms with Gasteiger partial charge >= 0.3 is 12.3 Å². The van der Waals surface area contributed by atoms with Crippen LogP contribution in [-0.4, -0.2) is 33.7 Å². The van der Waals surface area contributed by atoms with Gasteiger partial charge in [-0.2, -0.15) is 0 Å². The molecule has 0 aromatic heterocycles. The van der Waals surface area contributed by atoms with Crippen LogP contribution in [-0.2, 0) is 29.1 Å². The monoisotopic (exact) mass is 558 g/mol. The molecule has 210 valence electrons. The standard InChI is InChI=1S/C31H26O10/c32-22-14-24(33)23-16-25(34)29(39-27(23)15-22)21-11-12-26(40-30(35)37-17-19-7-3-1-4-8-19)28(13-21)41-31(36)38-18-20-9-5-2-6-10-20/h1-15,25,29,32-34H,16-18H2. The molecule has 4 aromatic rings. The number of aromatic hydroxyl groups is 2. The van der Waals surface area contributed by atoms with E-state index in [4.69, 9.17) is 23.7 Å². The van der Waals surface area contributed by atoms with E-state index < -0.39 is 24.5 Å². The second-order valence-electron chi connectivity index (χ2n) is 9.21. The maximum Gasteiger partial charge on any atom is 0.514 e. The topological polar surface area (TPSA) is 141 Å². The number of fused-ring (bicyclic) bond motifs is 1. The molecule has 0 radical (unpaired) electrons. The minimum Gasteiger partial charge on any atom is -0.508 e. The molecule has 1 aliphatic heterocycles. The molecule has 0 saturated carbocycles. The number of carbonyl (C=O) groups is 2. The van der Waals surface area contributed by atoms with Crippen molar-refractivity contribution >= 4 is 12.3 Å². The molecule has 3 N–H and O–H groups in total. The van der Waals surface area contributed by atoms with Crippen LogP contribution < -0.4 is 14.2 Å². The van der Waals surface area contributed by atoms with E-state index in [-0.39, 0.29) is 48.4 Å². The van der Waals surface area contributed by atoms with Crippen LogP contribution in [0, 0.1) is 0 Å². The lowest BCUT2D eigenvalue weighted by Crippen LogP contribution is -2.30. The van der Waals surface area contributed by atoms with Gasteiger partial charge < -0.3 is 39.0 Å². The smallest absolute Gasteiger partial charge is 0.508 e. The first-order chi connectivity index (χ1) is 19.9. The lowest BCUT2D eigenvalue weighted by molar-refractivity contribution is 0.0196. The van der Waals surface area contributed by atoms with Crippen LogP contribution >= 0.6 is 0 Å². The van der Waals surface area contributed by atoms with Crippen LogP contribution in [0.15, 0.2) is 91.0 Å². The second-order valence-corrected chi connectivity index (χ2v) is 9.21. The van der Waals surface area contributed by atoms with E-state index in [1.807, 2.05) is 12.1 Å². The molecular weight excluding hydrogens is 532 g/mol. The highest BCUT2D eigenvalue weighted by Gasteiger charge is 2.33. The first-order valence-corrected chi connectivity index (χ1v) is 12.7. The van der Waals surface area contributed by atoms with Crippen LogP contribution in [0.3, 0.4) is 0 Å². The summed E-state index contributed by atoms with van der Waals surface area (Å²) in [6.07, 6.45) is -4.12. The van der Waals surface area contributed by atoms with Crippen molar-refractivity contribution in [3.63, 3.8) is 0 Å². The molecule has 5 rings (SSSR count). The van der Waals surface area contributed by atoms with Crippen molar-refractivity contribution in [2.45, 2.75) is 31.8 Å². The average Bonchev–Trinajstić information content (AvgIpc) is 2.97. The van der Waals surface area contributed by atoms with E-state index in [0.717, 1.165) is 17.2 Å². The number of phenolic OH excluding ortho intramolecular Hbond substituents is 2. The third-order valence-electron chi connectivity index (χ3n) is 6.27. The predicted octanol–water partition coefficient (Wildman–Crippen LogP) is 5.57. The number of aliphatic hydroxyl groups excluding tert-OH is 1. The third kappa shape index (κ3) is 6.87. The number of benzene rings is 4. The summed E-state index contributed by atoms with van der Waals surface area (Å²) in [5.41, 5.74) is 2.19. The van der Waals surface area contributed by atoms with Gasteiger partial charge in [-0.15, -0.1) is 0 Å². The fourth-order valence-electron chi connectivity index (χ4n) is 4.29. The third-order valence-corrected chi connectivity index (χ3v) is 6.27. The molecule has 10 heteroatoms. The Balaban J connectivity index is 1.36. The molecule has 4 aromatic carbocycles. The maximum atomic E-state index is 12.6. The van der Waals surface area contributed by atoms with Gasteiger partial charge in [0, 0.05) is 24.1 Å². The highest BCUT2D eigenvalue weighted by molar-refractivity contribution is 5.69. The zero-order chi connectivity index (χ0) is 28.8. The number of hydrogen-bond donors (Lipinski definition) is 3. The normalized spacial score (nSPS) is 15.6. The Morgan fingerprint density at radius 1 is 0.756 bits per heavy atom. The zero-order valence-electron chi connectivity index (χ0n) is 21.6. The predicted molar refractivity (Wildman–Crippen MR) is 144 cm³/mol. The zero-order valence-corrected chi connectivity index (χ0v) is 21.6. The van der Waals surface area contributed by atoms with Crippen LogP contribution in [0.5, 0.6) is 28.7 Å². The number of ether oxygens (including phenoxy) is 5. The Hall–Kier alpha value is -5.22. The van der Waals surface area contributed by atoms with E-state index in [9.17, 15) is 24.9 Å². The van der Waals surface area contributed by atoms with Gasteiger partial charge in [0.05, 0.1) is 6.10 Å². The molecule has 2 atom stereocenters. The minimum atomic E-state index is -1.10. The van der Waals surface area contributed by atoms with Crippen LogP contribution in [0.1, 0.15) is 28.4 Å². The summed E-state index contributed by atoms with van der Waals surface area (Å²) in [6, 6.07) is 24.7. The van der Waals surface area contributed by atoms with E-state index >= 15 is 0 Å². The van der Waals surface area contributed by atoms with Crippen LogP contribution in [0.2, 0.25) is 0 Å². The molecule has 0 fully saturated rings. The van der Waals surface area contributed by atoms with Crippen molar-refractivity contribution in [3.8, 4) is 28.7 Å². The molecular formula is C31H26O10. The Bertz CT molecular complexity index is 1520. The fourth-order valence-corrected chi connectivity index (χ4v) is 4.29. The van der Waals surface area contributed by atoms with Gasteiger partial charge in [0.25, 0.3) is 0 Å². The van der Waals surface area contributed by atoms with Crippen LogP contribution in [0.25, 0.3) is 0 Å². The Kier molecular flexibility index (Phi) is 8.21. The van der Waals surface area contributed by atoms with Crippen molar-refractivity contribution in [3.05, 3.63) is 113 Å². The van der Waals surface area contributed by atoms with E-state index in [0.29, 0.717) is 11.1 Å². The van der Waals surface area contributed by atoms with Crippen molar-refractivity contribution in [2.24, 2.45) is 0 Å². The molecule has 1 aliphatic rings. The van der Waals surface area contributed by atoms with Gasteiger partial charge in [-0.25, -0.2) is 9.59 Å². The summed E-state index contributed by atoms with van der Waals surface area (Å²) in [4.78, 5) is 25.0. The van der Waals surface area contributed by atoms with Crippen molar-refractivity contribution in [2.75, 3.05) is 0 Å². The largest absolute Gasteiger partial charge is 0.514 e. The van der Waals surface area contributed by atoms with Gasteiger partial charge in [-0.1, -0.05) is 66.7 Å². The molecule has 2 unspecified atom stereocenters. The summed E-state index contributed by atoms with van der Waals surface area (Å²) in [6.45, 7) is -0.0861. The number of phenols is 2. The van der Waals surface area contributed by atoms with Gasteiger partial charge in [0.2, 0.25) is 0 Å². The molecule has 41 heavy (non-hydrogen) atoms. The summed E-state index contributed by atoms with van der Waals surface area (Å²) >= 11 is 0. The number of carbonyl (C=O) groups excluding carboxylic acids is 2. The second kappa shape index (κ2) is 12.3. The van der Waals surface area contributed by atoms with E-state index in [1.54, 1.807) is 48.5 Å². The highest BCUT2D eigenvalue weighted by Crippen LogP contribution is 2.43. The molecule has 0 saturated heterocycles. The number of hydrogen-bond acceptors (Lipinski definition) is 10. The van der Waals surface area contributed by atoms with Gasteiger partial charge in [-0.3, -0.25) is 0 Å². The maximum absolute atomic E-state index is 12.6. The minimum absolute atomic E-state index is 0.0332. The van der Waals surface area contributed by atoms with Gasteiger partial charge in [0.15, 0.2) is 11.5 Å². The SMILES string of the molecule is O=C(OCc1ccccc1)Oc1ccc(C2Oc3cc(O)cc(O)c3CC2O)cc1OC(=O)OCc1ccccc1. The highest BCUT2D eigenvalue weighted by atomic mass is 16.7. The lowest BCUT2D eigenvalue weighted by atomic mass is 9.94. The van der Waals surface area contributed by atoms with Gasteiger partial charge in [0.1, 0.15) is 36.6 Å². The molecule has 0 aliphatic carbocycles. The first-order valence-electron chi connectivity index (χ1n) is 12.7. The summed E-state index contributed by atoms with van der Waals surface area (Å²) < 4.78 is 27.0. The average molecular weight is 559 g/mol. The molecule has 0 spiro atoms. The summed E-state index contributed by atoms with van der Waals surface area (Å²) in [5, 5.41) is 30.8. The molecule has 1 heterocycles. The number of rotatable bonds is 7. The quantitative estimate of drug-likeness (QED) is 0.195. The molecule has 10 nitrogen and oxygen atoms in total. The molecule has 0 bridgehead atoms. The van der Waals surface area contributed by atoms with Gasteiger partial charge in [-0.05, 0) is 28.8 Å².